The van der Waals surface area contributed by atoms with Crippen LogP contribution in [0.2, 0.25) is 0 Å². The number of aliphatic carboxylic acids is 1. The maximum absolute atomic E-state index is 10.8. The summed E-state index contributed by atoms with van der Waals surface area (Å²) in [6.07, 6.45) is 1.69. The molecule has 0 spiro atoms. The van der Waals surface area contributed by atoms with Gasteiger partial charge in [-0.1, -0.05) is 43.3 Å². The molecule has 1 N–H and O–H groups in total. The van der Waals surface area contributed by atoms with E-state index in [0.29, 0.717) is 0 Å². The van der Waals surface area contributed by atoms with E-state index in [4.69, 9.17) is 5.11 Å². The summed E-state index contributed by atoms with van der Waals surface area (Å²) in [4.78, 5) is 10.8. The van der Waals surface area contributed by atoms with Crippen LogP contribution in [0.25, 0.3) is 0 Å². The number of carboxylic acid groups (broad SMARTS) is 1. The highest BCUT2D eigenvalue weighted by Crippen LogP contribution is 2.25. The van der Waals surface area contributed by atoms with Crippen LogP contribution in [-0.4, -0.2) is 11.1 Å². The summed E-state index contributed by atoms with van der Waals surface area (Å²) in [6, 6.07) is 9.56. The molecule has 0 aromatic heterocycles. The number of carboxylic acids is 1. The summed E-state index contributed by atoms with van der Waals surface area (Å²) >= 11 is 0. The smallest absolute Gasteiger partial charge is 0.307 e. The van der Waals surface area contributed by atoms with E-state index in [9.17, 15) is 4.79 Å². The van der Waals surface area contributed by atoms with Gasteiger partial charge in [-0.25, -0.2) is 0 Å². The Hall–Kier alpha value is -1.57. The van der Waals surface area contributed by atoms with E-state index >= 15 is 0 Å². The first kappa shape index (κ1) is 10.5. The molecule has 0 saturated heterocycles. The number of carbonyl (C=O) groups is 1. The predicted molar refractivity (Wildman–Crippen MR) is 56.2 cm³/mol. The van der Waals surface area contributed by atoms with Gasteiger partial charge in [-0.2, -0.15) is 0 Å². The second-order valence-electron chi connectivity index (χ2n) is 3.30. The lowest BCUT2D eigenvalue weighted by Gasteiger charge is -2.16. The summed E-state index contributed by atoms with van der Waals surface area (Å²) < 4.78 is 0. The zero-order valence-corrected chi connectivity index (χ0v) is 8.18. The molecule has 2 nitrogen and oxygen atoms in total. The Labute approximate surface area is 83.9 Å². The molecule has 1 aromatic rings. The minimum absolute atomic E-state index is 0.117. The number of hydrogen-bond donors (Lipinski definition) is 1. The topological polar surface area (TPSA) is 37.3 Å². The number of allylic oxidation sites excluding steroid dienone is 1. The lowest BCUT2D eigenvalue weighted by atomic mass is 9.87. The van der Waals surface area contributed by atoms with Gasteiger partial charge < -0.3 is 5.11 Å². The minimum Gasteiger partial charge on any atom is -0.481 e. The van der Waals surface area contributed by atoms with Gasteiger partial charge in [0.25, 0.3) is 0 Å². The average Bonchev–Trinajstić information content (AvgIpc) is 2.20. The molecule has 0 fully saturated rings. The number of rotatable bonds is 4. The highest BCUT2D eigenvalue weighted by atomic mass is 16.4. The second kappa shape index (κ2) is 4.61. The van der Waals surface area contributed by atoms with Gasteiger partial charge in [0.05, 0.1) is 5.92 Å². The fraction of sp³-hybridized carbons (Fsp3) is 0.250. The predicted octanol–water partition coefficient (Wildman–Crippen LogP) is 2.68. The van der Waals surface area contributed by atoms with Crippen molar-refractivity contribution in [2.45, 2.75) is 12.8 Å². The van der Waals surface area contributed by atoms with Crippen molar-refractivity contribution in [1.29, 1.82) is 0 Å². The summed E-state index contributed by atoms with van der Waals surface area (Å²) in [6.45, 7) is 5.37. The van der Waals surface area contributed by atoms with E-state index in [1.165, 1.54) is 0 Å². The van der Waals surface area contributed by atoms with Crippen molar-refractivity contribution in [2.24, 2.45) is 5.92 Å². The molecule has 0 heterocycles. The molecule has 74 valence electrons. The zero-order valence-electron chi connectivity index (χ0n) is 8.18. The van der Waals surface area contributed by atoms with Gasteiger partial charge >= 0.3 is 5.97 Å². The van der Waals surface area contributed by atoms with Crippen LogP contribution in [0.4, 0.5) is 0 Å². The Balaban J connectivity index is 2.93. The van der Waals surface area contributed by atoms with Gasteiger partial charge in [0, 0.05) is 5.92 Å². The van der Waals surface area contributed by atoms with Gasteiger partial charge in [-0.15, -0.1) is 6.58 Å². The van der Waals surface area contributed by atoms with Crippen molar-refractivity contribution in [3.05, 3.63) is 48.6 Å². The Morgan fingerprint density at radius 2 is 2.00 bits per heavy atom. The third-order valence-electron chi connectivity index (χ3n) is 2.37. The van der Waals surface area contributed by atoms with Crippen LogP contribution < -0.4 is 0 Å². The molecule has 14 heavy (non-hydrogen) atoms. The van der Waals surface area contributed by atoms with E-state index in [0.717, 1.165) is 5.56 Å². The fourth-order valence-electron chi connectivity index (χ4n) is 1.46. The lowest BCUT2D eigenvalue weighted by Crippen LogP contribution is -2.17. The first-order valence-corrected chi connectivity index (χ1v) is 4.57. The van der Waals surface area contributed by atoms with Gasteiger partial charge in [0.2, 0.25) is 0 Å². The molecule has 0 aliphatic heterocycles. The van der Waals surface area contributed by atoms with Crippen LogP contribution in [0, 0.1) is 5.92 Å². The van der Waals surface area contributed by atoms with E-state index < -0.39 is 11.9 Å². The van der Waals surface area contributed by atoms with Crippen LogP contribution in [0.5, 0.6) is 0 Å². The standard InChI is InChI=1S/C12H14O2/c1-3-11(9(2)12(13)14)10-7-5-4-6-8-10/h3-9,11H,1H2,2H3,(H,13,14)/t9-,11-/m1/s1. The highest BCUT2D eigenvalue weighted by Gasteiger charge is 2.21. The second-order valence-corrected chi connectivity index (χ2v) is 3.30. The van der Waals surface area contributed by atoms with Crippen molar-refractivity contribution >= 4 is 5.97 Å². The van der Waals surface area contributed by atoms with Gasteiger partial charge in [0.1, 0.15) is 0 Å². The molecule has 0 aliphatic carbocycles. The zero-order chi connectivity index (χ0) is 10.6. The SMILES string of the molecule is C=C[C@@H](c1ccccc1)[C@@H](C)C(=O)O. The third kappa shape index (κ3) is 2.22. The van der Waals surface area contributed by atoms with E-state index in [1.807, 2.05) is 30.3 Å². The van der Waals surface area contributed by atoms with E-state index in [-0.39, 0.29) is 5.92 Å². The van der Waals surface area contributed by atoms with Crippen LogP contribution in [0.1, 0.15) is 18.4 Å². The Morgan fingerprint density at radius 3 is 2.43 bits per heavy atom. The maximum atomic E-state index is 10.8. The Bertz CT molecular complexity index is 316. The van der Waals surface area contributed by atoms with Gasteiger partial charge in [-0.05, 0) is 5.56 Å². The summed E-state index contributed by atoms with van der Waals surface area (Å²) in [5.74, 6) is -1.35. The number of hydrogen-bond acceptors (Lipinski definition) is 1. The molecule has 0 bridgehead atoms. The lowest BCUT2D eigenvalue weighted by molar-refractivity contribution is -0.141. The number of benzene rings is 1. The van der Waals surface area contributed by atoms with Gasteiger partial charge in [0.15, 0.2) is 0 Å². The van der Waals surface area contributed by atoms with E-state index in [2.05, 4.69) is 6.58 Å². The van der Waals surface area contributed by atoms with E-state index in [1.54, 1.807) is 13.0 Å². The molecule has 1 aromatic carbocycles. The molecular weight excluding hydrogens is 176 g/mol. The molecule has 0 amide bonds. The van der Waals surface area contributed by atoms with Crippen molar-refractivity contribution in [3.63, 3.8) is 0 Å². The van der Waals surface area contributed by atoms with Crippen LogP contribution in [-0.2, 0) is 4.79 Å². The molecule has 0 radical (unpaired) electrons. The Kier molecular flexibility index (Phi) is 3.46. The van der Waals surface area contributed by atoms with Crippen molar-refractivity contribution in [3.8, 4) is 0 Å². The van der Waals surface area contributed by atoms with Crippen molar-refractivity contribution in [1.82, 2.24) is 0 Å². The largest absolute Gasteiger partial charge is 0.481 e. The molecular formula is C12H14O2. The van der Waals surface area contributed by atoms with Crippen LogP contribution >= 0.6 is 0 Å². The fourth-order valence-corrected chi connectivity index (χ4v) is 1.46. The molecule has 0 aliphatic rings. The first-order valence-electron chi connectivity index (χ1n) is 4.57. The third-order valence-corrected chi connectivity index (χ3v) is 2.37. The first-order chi connectivity index (χ1) is 6.66. The van der Waals surface area contributed by atoms with Crippen molar-refractivity contribution in [2.75, 3.05) is 0 Å². The van der Waals surface area contributed by atoms with Gasteiger partial charge in [-0.3, -0.25) is 4.79 Å². The molecule has 0 unspecified atom stereocenters. The Morgan fingerprint density at radius 1 is 1.43 bits per heavy atom. The molecule has 2 atom stereocenters. The molecule has 2 heteroatoms. The minimum atomic E-state index is -0.793. The maximum Gasteiger partial charge on any atom is 0.307 e. The molecule has 0 saturated carbocycles. The monoisotopic (exact) mass is 190 g/mol. The highest BCUT2D eigenvalue weighted by molar-refractivity contribution is 5.71. The quantitative estimate of drug-likeness (QED) is 0.741. The van der Waals surface area contributed by atoms with Crippen LogP contribution in [0.3, 0.4) is 0 Å². The van der Waals surface area contributed by atoms with Crippen molar-refractivity contribution < 1.29 is 9.90 Å². The average molecular weight is 190 g/mol. The normalized spacial score (nSPS) is 14.4. The summed E-state index contributed by atoms with van der Waals surface area (Å²) in [5, 5.41) is 8.90. The van der Waals surface area contributed by atoms with Crippen LogP contribution in [0.15, 0.2) is 43.0 Å². The summed E-state index contributed by atoms with van der Waals surface area (Å²) in [5.41, 5.74) is 0.998. The molecule has 1 rings (SSSR count). The summed E-state index contributed by atoms with van der Waals surface area (Å²) in [7, 11) is 0.